The van der Waals surface area contributed by atoms with E-state index in [4.69, 9.17) is 28.5 Å². The molecule has 0 heterocycles. The van der Waals surface area contributed by atoms with Crippen LogP contribution >= 0.6 is 0 Å². The molecule has 1 aliphatic rings. The number of rotatable bonds is 3. The van der Waals surface area contributed by atoms with E-state index < -0.39 is 15.3 Å². The Morgan fingerprint density at radius 3 is 2.15 bits per heavy atom. The molecule has 2 rings (SSSR count). The molecule has 3 unspecified atom stereocenters. The Hall–Kier alpha value is -1.79. The van der Waals surface area contributed by atoms with Gasteiger partial charge in [-0.2, -0.15) is 8.42 Å². The van der Waals surface area contributed by atoms with E-state index in [1.165, 1.54) is 25.0 Å². The van der Waals surface area contributed by atoms with E-state index in [9.17, 15) is 10.1 Å². The average molecular weight is 408 g/mol. The van der Waals surface area contributed by atoms with E-state index in [-0.39, 0.29) is 17.5 Å². The minimum atomic E-state index is -4.67. The number of hydrogen-bond donors (Lipinski definition) is 4. The first kappa shape index (κ1) is 25.2. The van der Waals surface area contributed by atoms with Crippen molar-refractivity contribution >= 4 is 21.8 Å². The Morgan fingerprint density at radius 2 is 1.78 bits per heavy atom. The molecule has 0 aliphatic heterocycles. The molecular formula is C16H28N2O8S. The molecule has 27 heavy (non-hydrogen) atoms. The van der Waals surface area contributed by atoms with E-state index in [1.54, 1.807) is 12.1 Å². The lowest BCUT2D eigenvalue weighted by Gasteiger charge is -2.34. The Bertz CT molecular complexity index is 673. The Labute approximate surface area is 159 Å². The summed E-state index contributed by atoms with van der Waals surface area (Å²) < 4.78 is 31.6. The quantitative estimate of drug-likeness (QED) is 0.192. The van der Waals surface area contributed by atoms with Crippen LogP contribution in [0.1, 0.15) is 40.0 Å². The number of anilines is 1. The molecule has 1 aromatic carbocycles. The van der Waals surface area contributed by atoms with Crippen LogP contribution in [0.5, 0.6) is 0 Å². The average Bonchev–Trinajstić information content (AvgIpc) is 2.53. The van der Waals surface area contributed by atoms with Gasteiger partial charge < -0.3 is 5.73 Å². The summed E-state index contributed by atoms with van der Waals surface area (Å²) in [6.45, 7) is 6.63. The third kappa shape index (κ3) is 11.5. The molecule has 5 N–H and O–H groups in total. The molecule has 0 bridgehead atoms. The number of nitrogen functional groups attached to an aromatic ring is 1. The van der Waals surface area contributed by atoms with Crippen LogP contribution < -0.4 is 5.73 Å². The smallest absolute Gasteiger partial charge is 0.393 e. The lowest BCUT2D eigenvalue weighted by Crippen LogP contribution is -2.33. The molecule has 156 valence electrons. The maximum absolute atomic E-state index is 10.1. The van der Waals surface area contributed by atoms with Crippen molar-refractivity contribution in [1.29, 1.82) is 0 Å². The van der Waals surface area contributed by atoms with Crippen LogP contribution in [0.25, 0.3) is 0 Å². The highest BCUT2D eigenvalue weighted by atomic mass is 32.3. The van der Waals surface area contributed by atoms with Crippen molar-refractivity contribution in [3.8, 4) is 0 Å². The summed E-state index contributed by atoms with van der Waals surface area (Å²) in [6.07, 6.45) is 3.57. The maximum Gasteiger partial charge on any atom is 0.394 e. The standard InChI is InChI=1S/C10H20O2.C6H6N2O2.H2O4S/c1-7(2)9-5-4-8(3)6-10(9)12-11;7-5-3-1-2-4-6(5)8(9)10;1-5(2,3)4/h7-11H,4-6H2,1-3H3;1-4H,7H2;(H2,1,2,3,4). The minimum Gasteiger partial charge on any atom is -0.393 e. The molecule has 0 aromatic heterocycles. The Balaban J connectivity index is 0.000000408. The summed E-state index contributed by atoms with van der Waals surface area (Å²) in [5.41, 5.74) is 5.44. The van der Waals surface area contributed by atoms with Gasteiger partial charge in [-0.15, -0.1) is 0 Å². The van der Waals surface area contributed by atoms with Crippen molar-refractivity contribution in [2.24, 2.45) is 17.8 Å². The van der Waals surface area contributed by atoms with E-state index in [2.05, 4.69) is 25.7 Å². The second-order valence-corrected chi connectivity index (χ2v) is 7.63. The van der Waals surface area contributed by atoms with Crippen molar-refractivity contribution in [3.63, 3.8) is 0 Å². The molecule has 1 aromatic rings. The van der Waals surface area contributed by atoms with Crippen LogP contribution in [-0.2, 0) is 15.3 Å². The highest BCUT2D eigenvalue weighted by Gasteiger charge is 2.31. The van der Waals surface area contributed by atoms with Gasteiger partial charge in [0.2, 0.25) is 0 Å². The monoisotopic (exact) mass is 408 g/mol. The lowest BCUT2D eigenvalue weighted by atomic mass is 9.75. The third-order valence-electron chi connectivity index (χ3n) is 4.23. The normalized spacial score (nSPS) is 22.1. The summed E-state index contributed by atoms with van der Waals surface area (Å²) in [5, 5.41) is 18.9. The zero-order valence-electron chi connectivity index (χ0n) is 15.6. The van der Waals surface area contributed by atoms with Crippen molar-refractivity contribution < 1.29 is 32.6 Å². The van der Waals surface area contributed by atoms with Gasteiger partial charge in [0.05, 0.1) is 11.0 Å². The number of nitro benzene ring substituents is 1. The van der Waals surface area contributed by atoms with Gasteiger partial charge in [0.25, 0.3) is 5.69 Å². The van der Waals surface area contributed by atoms with E-state index >= 15 is 0 Å². The molecule has 0 amide bonds. The van der Waals surface area contributed by atoms with Crippen molar-refractivity contribution in [1.82, 2.24) is 0 Å². The van der Waals surface area contributed by atoms with Crippen molar-refractivity contribution in [2.75, 3.05) is 5.73 Å². The molecule has 1 fully saturated rings. The van der Waals surface area contributed by atoms with E-state index in [0.29, 0.717) is 17.8 Å². The molecule has 0 spiro atoms. The van der Waals surface area contributed by atoms with Gasteiger partial charge in [-0.3, -0.25) is 24.5 Å². The molecule has 1 aliphatic carbocycles. The number of benzene rings is 1. The highest BCUT2D eigenvalue weighted by Crippen LogP contribution is 2.34. The summed E-state index contributed by atoms with van der Waals surface area (Å²) >= 11 is 0. The molecule has 1 saturated carbocycles. The van der Waals surface area contributed by atoms with Gasteiger partial charge in [0.15, 0.2) is 0 Å². The number of nitro groups is 1. The zero-order valence-corrected chi connectivity index (χ0v) is 16.4. The van der Waals surface area contributed by atoms with Gasteiger partial charge in [-0.05, 0) is 36.7 Å². The van der Waals surface area contributed by atoms with Gasteiger partial charge in [0.1, 0.15) is 5.69 Å². The fraction of sp³-hybridized carbons (Fsp3) is 0.625. The topological polar surface area (TPSA) is 173 Å². The number of nitrogens with two attached hydrogens (primary N) is 1. The highest BCUT2D eigenvalue weighted by molar-refractivity contribution is 7.79. The zero-order chi connectivity index (χ0) is 21.2. The lowest BCUT2D eigenvalue weighted by molar-refractivity contribution is -0.383. The fourth-order valence-corrected chi connectivity index (χ4v) is 2.89. The predicted octanol–water partition coefficient (Wildman–Crippen LogP) is 3.46. The molecule has 10 nitrogen and oxygen atoms in total. The summed E-state index contributed by atoms with van der Waals surface area (Å²) in [4.78, 5) is 14.2. The second kappa shape index (κ2) is 11.8. The number of hydrogen-bond acceptors (Lipinski definition) is 7. The number of nitrogens with zero attached hydrogens (tertiary/aromatic N) is 1. The SMILES string of the molecule is CC1CCC(C(C)C)C(OO)C1.Nc1ccccc1[N+](=O)[O-].O=S(=O)(O)O. The molecule has 11 heteroatoms. The summed E-state index contributed by atoms with van der Waals surface area (Å²) in [5.74, 6) is 1.87. The van der Waals surface area contributed by atoms with Gasteiger partial charge in [0, 0.05) is 6.07 Å². The summed E-state index contributed by atoms with van der Waals surface area (Å²) in [7, 11) is -4.67. The van der Waals surface area contributed by atoms with E-state index in [0.717, 1.165) is 6.42 Å². The molecule has 0 saturated heterocycles. The predicted molar refractivity (Wildman–Crippen MR) is 101 cm³/mol. The van der Waals surface area contributed by atoms with Crippen molar-refractivity contribution in [2.45, 2.75) is 46.1 Å². The van der Waals surface area contributed by atoms with Crippen LogP contribution in [0.2, 0.25) is 0 Å². The minimum absolute atomic E-state index is 0.0394. The van der Waals surface area contributed by atoms with Crippen LogP contribution in [-0.4, -0.2) is 33.8 Å². The van der Waals surface area contributed by atoms with Crippen LogP contribution in [0.4, 0.5) is 11.4 Å². The Kier molecular flexibility index (Phi) is 11.0. The first-order valence-electron chi connectivity index (χ1n) is 8.35. The van der Waals surface area contributed by atoms with Crippen LogP contribution in [0.3, 0.4) is 0 Å². The first-order chi connectivity index (χ1) is 12.4. The van der Waals surface area contributed by atoms with E-state index in [1.807, 2.05) is 0 Å². The molecule has 3 atom stereocenters. The van der Waals surface area contributed by atoms with Gasteiger partial charge in [-0.1, -0.05) is 39.3 Å². The Morgan fingerprint density at radius 1 is 1.26 bits per heavy atom. The maximum atomic E-state index is 10.1. The first-order valence-corrected chi connectivity index (χ1v) is 9.75. The van der Waals surface area contributed by atoms with Gasteiger partial charge >= 0.3 is 10.4 Å². The number of para-hydroxylation sites is 2. The second-order valence-electron chi connectivity index (χ2n) is 6.73. The fourth-order valence-electron chi connectivity index (χ4n) is 2.89. The molecule has 0 radical (unpaired) electrons. The van der Waals surface area contributed by atoms with Crippen LogP contribution in [0, 0.1) is 27.9 Å². The van der Waals surface area contributed by atoms with Crippen LogP contribution in [0.15, 0.2) is 24.3 Å². The van der Waals surface area contributed by atoms with Crippen molar-refractivity contribution in [3.05, 3.63) is 34.4 Å². The largest absolute Gasteiger partial charge is 0.394 e. The summed E-state index contributed by atoms with van der Waals surface area (Å²) in [6, 6.07) is 6.10. The third-order valence-corrected chi connectivity index (χ3v) is 4.23. The van der Waals surface area contributed by atoms with Gasteiger partial charge in [-0.25, -0.2) is 4.89 Å². The molecular weight excluding hydrogens is 380 g/mol.